The van der Waals surface area contributed by atoms with Crippen LogP contribution in [0.5, 0.6) is 0 Å². The Hall–Kier alpha value is -1.06. The fourth-order valence-corrected chi connectivity index (χ4v) is 2.58. The van der Waals surface area contributed by atoms with Crippen LogP contribution in [0, 0.1) is 5.92 Å². The second kappa shape index (κ2) is 6.21. The Morgan fingerprint density at radius 1 is 1.06 bits per heavy atom. The van der Waals surface area contributed by atoms with Crippen molar-refractivity contribution in [2.45, 2.75) is 19.9 Å². The molecule has 3 heteroatoms. The van der Waals surface area contributed by atoms with Gasteiger partial charge in [-0.2, -0.15) is 0 Å². The maximum Gasteiger partial charge on any atom is 0.0367 e. The maximum absolute atomic E-state index is 5.76. The smallest absolute Gasteiger partial charge is 0.0367 e. The van der Waals surface area contributed by atoms with Crippen molar-refractivity contribution in [3.63, 3.8) is 0 Å². The summed E-state index contributed by atoms with van der Waals surface area (Å²) in [6.07, 6.45) is 0. The predicted molar refractivity (Wildman–Crippen MR) is 77.9 cm³/mol. The van der Waals surface area contributed by atoms with Crippen LogP contribution in [0.25, 0.3) is 0 Å². The summed E-state index contributed by atoms with van der Waals surface area (Å²) >= 11 is 0. The van der Waals surface area contributed by atoms with Crippen molar-refractivity contribution in [3.8, 4) is 0 Å². The first-order chi connectivity index (χ1) is 8.72. The van der Waals surface area contributed by atoms with Crippen LogP contribution in [-0.2, 0) is 0 Å². The van der Waals surface area contributed by atoms with E-state index in [1.165, 1.54) is 5.69 Å². The third-order valence-corrected chi connectivity index (χ3v) is 4.21. The largest absolute Gasteiger partial charge is 0.369 e. The third-order valence-electron chi connectivity index (χ3n) is 4.21. The van der Waals surface area contributed by atoms with E-state index in [1.807, 2.05) is 0 Å². The zero-order valence-electron chi connectivity index (χ0n) is 11.5. The molecule has 1 saturated heterocycles. The predicted octanol–water partition coefficient (Wildman–Crippen LogP) is 1.79. The summed E-state index contributed by atoms with van der Waals surface area (Å²) in [6.45, 7) is 9.84. The van der Waals surface area contributed by atoms with Gasteiger partial charge in [0.2, 0.25) is 0 Å². The molecule has 1 aliphatic rings. The number of hydrogen-bond acceptors (Lipinski definition) is 3. The summed E-state index contributed by atoms with van der Waals surface area (Å²) in [5, 5.41) is 0. The Bertz CT molecular complexity index is 344. The monoisotopic (exact) mass is 247 g/mol. The molecule has 2 atom stereocenters. The van der Waals surface area contributed by atoms with E-state index in [-0.39, 0.29) is 0 Å². The van der Waals surface area contributed by atoms with Crippen molar-refractivity contribution >= 4 is 5.69 Å². The van der Waals surface area contributed by atoms with Crippen LogP contribution in [0.15, 0.2) is 30.3 Å². The number of piperazine rings is 1. The van der Waals surface area contributed by atoms with Crippen molar-refractivity contribution in [1.82, 2.24) is 4.90 Å². The summed E-state index contributed by atoms with van der Waals surface area (Å²) in [7, 11) is 0. The van der Waals surface area contributed by atoms with E-state index >= 15 is 0 Å². The van der Waals surface area contributed by atoms with Crippen molar-refractivity contribution in [2.24, 2.45) is 11.7 Å². The standard InChI is InChI=1S/C15H25N3/c1-13(12-16)14(2)17-8-10-18(11-9-17)15-6-4-3-5-7-15/h3-7,13-14H,8-12,16H2,1-2H3. The lowest BCUT2D eigenvalue weighted by Gasteiger charge is -2.40. The SMILES string of the molecule is CC(CN)C(C)N1CCN(c2ccccc2)CC1. The fraction of sp³-hybridized carbons (Fsp3) is 0.600. The van der Waals surface area contributed by atoms with Crippen LogP contribution in [-0.4, -0.2) is 43.7 Å². The normalized spacial score (nSPS) is 20.7. The molecule has 0 aliphatic carbocycles. The first-order valence-corrected chi connectivity index (χ1v) is 6.96. The molecule has 0 amide bonds. The molecule has 0 saturated carbocycles. The molecule has 1 fully saturated rings. The quantitative estimate of drug-likeness (QED) is 0.880. The lowest BCUT2D eigenvalue weighted by molar-refractivity contribution is 0.155. The lowest BCUT2D eigenvalue weighted by Crippen LogP contribution is -2.52. The highest BCUT2D eigenvalue weighted by Gasteiger charge is 2.23. The topological polar surface area (TPSA) is 32.5 Å². The molecule has 1 aromatic carbocycles. The number of anilines is 1. The summed E-state index contributed by atoms with van der Waals surface area (Å²) in [4.78, 5) is 5.04. The molecule has 18 heavy (non-hydrogen) atoms. The highest BCUT2D eigenvalue weighted by Crippen LogP contribution is 2.18. The van der Waals surface area contributed by atoms with Gasteiger partial charge in [-0.3, -0.25) is 4.90 Å². The van der Waals surface area contributed by atoms with Gasteiger partial charge in [0, 0.05) is 37.9 Å². The number of nitrogens with zero attached hydrogens (tertiary/aromatic N) is 2. The second-order valence-electron chi connectivity index (χ2n) is 5.31. The molecule has 0 aromatic heterocycles. The summed E-state index contributed by atoms with van der Waals surface area (Å²) < 4.78 is 0. The molecule has 1 aliphatic heterocycles. The van der Waals surface area contributed by atoms with Gasteiger partial charge in [-0.1, -0.05) is 25.1 Å². The van der Waals surface area contributed by atoms with Gasteiger partial charge in [0.25, 0.3) is 0 Å². The highest BCUT2D eigenvalue weighted by atomic mass is 15.3. The first kappa shape index (κ1) is 13.4. The van der Waals surface area contributed by atoms with Crippen molar-refractivity contribution < 1.29 is 0 Å². The summed E-state index contributed by atoms with van der Waals surface area (Å²) in [6, 6.07) is 11.3. The first-order valence-electron chi connectivity index (χ1n) is 6.96. The van der Waals surface area contributed by atoms with Gasteiger partial charge in [0.1, 0.15) is 0 Å². The fourth-order valence-electron chi connectivity index (χ4n) is 2.58. The molecule has 2 unspecified atom stereocenters. The highest BCUT2D eigenvalue weighted by molar-refractivity contribution is 5.46. The minimum atomic E-state index is 0.577. The van der Waals surface area contributed by atoms with E-state index in [4.69, 9.17) is 5.73 Å². The van der Waals surface area contributed by atoms with Crippen LogP contribution >= 0.6 is 0 Å². The van der Waals surface area contributed by atoms with E-state index in [9.17, 15) is 0 Å². The van der Waals surface area contributed by atoms with Crippen LogP contribution in [0.3, 0.4) is 0 Å². The Balaban J connectivity index is 1.88. The summed E-state index contributed by atoms with van der Waals surface area (Å²) in [5.41, 5.74) is 7.11. The number of nitrogens with two attached hydrogens (primary N) is 1. The molecular formula is C15H25N3. The molecule has 0 radical (unpaired) electrons. The van der Waals surface area contributed by atoms with Gasteiger partial charge in [-0.15, -0.1) is 0 Å². The minimum absolute atomic E-state index is 0.577. The van der Waals surface area contributed by atoms with Gasteiger partial charge in [0.05, 0.1) is 0 Å². The van der Waals surface area contributed by atoms with E-state index in [2.05, 4.69) is 54.0 Å². The van der Waals surface area contributed by atoms with Crippen LogP contribution in [0.4, 0.5) is 5.69 Å². The Morgan fingerprint density at radius 3 is 2.22 bits per heavy atom. The molecule has 2 N–H and O–H groups in total. The van der Waals surface area contributed by atoms with E-state index in [0.717, 1.165) is 32.7 Å². The van der Waals surface area contributed by atoms with Gasteiger partial charge in [-0.25, -0.2) is 0 Å². The minimum Gasteiger partial charge on any atom is -0.369 e. The molecule has 1 heterocycles. The number of para-hydroxylation sites is 1. The summed E-state index contributed by atoms with van der Waals surface area (Å²) in [5.74, 6) is 0.577. The zero-order valence-corrected chi connectivity index (χ0v) is 11.5. The maximum atomic E-state index is 5.76. The Morgan fingerprint density at radius 2 is 1.67 bits per heavy atom. The number of benzene rings is 1. The Kier molecular flexibility index (Phi) is 4.61. The molecule has 100 valence electrons. The zero-order chi connectivity index (χ0) is 13.0. The van der Waals surface area contributed by atoms with Gasteiger partial charge >= 0.3 is 0 Å². The molecule has 0 spiro atoms. The van der Waals surface area contributed by atoms with Crippen molar-refractivity contribution in [2.75, 3.05) is 37.6 Å². The van der Waals surface area contributed by atoms with E-state index in [0.29, 0.717) is 12.0 Å². The average molecular weight is 247 g/mol. The van der Waals surface area contributed by atoms with Crippen LogP contribution in [0.2, 0.25) is 0 Å². The van der Waals surface area contributed by atoms with Gasteiger partial charge < -0.3 is 10.6 Å². The van der Waals surface area contributed by atoms with Crippen molar-refractivity contribution in [3.05, 3.63) is 30.3 Å². The molecule has 0 bridgehead atoms. The molecular weight excluding hydrogens is 222 g/mol. The molecule has 1 aromatic rings. The van der Waals surface area contributed by atoms with Gasteiger partial charge in [-0.05, 0) is 31.5 Å². The lowest BCUT2D eigenvalue weighted by atomic mass is 10.0. The molecule has 3 nitrogen and oxygen atoms in total. The van der Waals surface area contributed by atoms with Gasteiger partial charge in [0.15, 0.2) is 0 Å². The van der Waals surface area contributed by atoms with Crippen LogP contribution < -0.4 is 10.6 Å². The second-order valence-corrected chi connectivity index (χ2v) is 5.31. The average Bonchev–Trinajstić information content (AvgIpc) is 2.47. The van der Waals surface area contributed by atoms with E-state index in [1.54, 1.807) is 0 Å². The van der Waals surface area contributed by atoms with Crippen LogP contribution in [0.1, 0.15) is 13.8 Å². The van der Waals surface area contributed by atoms with E-state index < -0.39 is 0 Å². The number of hydrogen-bond donors (Lipinski definition) is 1. The Labute approximate surface area is 111 Å². The van der Waals surface area contributed by atoms with Crippen molar-refractivity contribution in [1.29, 1.82) is 0 Å². The number of rotatable bonds is 4. The third kappa shape index (κ3) is 3.03. The molecule has 2 rings (SSSR count).